The number of nitrogens with zero attached hydrogens (tertiary/aromatic N) is 6. The van der Waals surface area contributed by atoms with E-state index in [1.165, 1.54) is 12.0 Å². The van der Waals surface area contributed by atoms with Crippen molar-refractivity contribution in [1.29, 1.82) is 0 Å². The maximum absolute atomic E-state index is 14.0. The van der Waals surface area contributed by atoms with Gasteiger partial charge < -0.3 is 20.2 Å². The van der Waals surface area contributed by atoms with Crippen LogP contribution in [0.15, 0.2) is 30.7 Å². The van der Waals surface area contributed by atoms with Crippen LogP contribution in [-0.2, 0) is 0 Å². The van der Waals surface area contributed by atoms with Crippen molar-refractivity contribution in [2.75, 3.05) is 34.8 Å². The molecule has 2 saturated heterocycles. The summed E-state index contributed by atoms with van der Waals surface area (Å²) in [7, 11) is 0. The van der Waals surface area contributed by atoms with E-state index in [9.17, 15) is 9.50 Å². The van der Waals surface area contributed by atoms with Crippen LogP contribution < -0.4 is 15.1 Å². The first kappa shape index (κ1) is 21.8. The molecule has 3 aromatic rings. The van der Waals surface area contributed by atoms with Gasteiger partial charge in [0, 0.05) is 43.1 Å². The molecule has 0 amide bonds. The van der Waals surface area contributed by atoms with Gasteiger partial charge in [-0.15, -0.1) is 0 Å². The molecule has 33 heavy (non-hydrogen) atoms. The number of pyridine rings is 2. The zero-order chi connectivity index (χ0) is 23.1. The third kappa shape index (κ3) is 4.17. The lowest BCUT2D eigenvalue weighted by Crippen LogP contribution is -2.46. The molecule has 0 bridgehead atoms. The predicted octanol–water partition coefficient (Wildman–Crippen LogP) is 3.79. The number of anilines is 4. The molecule has 2 aliphatic rings. The van der Waals surface area contributed by atoms with E-state index in [4.69, 9.17) is 4.98 Å². The van der Waals surface area contributed by atoms with Crippen molar-refractivity contribution < 1.29 is 9.50 Å². The number of hydrogen-bond acceptors (Lipinski definition) is 8. The molecule has 8 nitrogen and oxygen atoms in total. The van der Waals surface area contributed by atoms with Crippen molar-refractivity contribution in [3.8, 4) is 0 Å². The highest BCUT2D eigenvalue weighted by atomic mass is 19.1. The van der Waals surface area contributed by atoms with Crippen LogP contribution in [0.5, 0.6) is 0 Å². The lowest BCUT2D eigenvalue weighted by molar-refractivity contribution is 0.0612. The second-order valence-corrected chi connectivity index (χ2v) is 9.32. The van der Waals surface area contributed by atoms with E-state index >= 15 is 0 Å². The molecule has 0 aliphatic carbocycles. The second-order valence-electron chi connectivity index (χ2n) is 9.32. The zero-order valence-corrected chi connectivity index (χ0v) is 19.2. The van der Waals surface area contributed by atoms with Gasteiger partial charge in [0.05, 0.1) is 12.6 Å². The van der Waals surface area contributed by atoms with Gasteiger partial charge in [0.25, 0.3) is 0 Å². The van der Waals surface area contributed by atoms with E-state index in [0.717, 1.165) is 23.1 Å². The zero-order valence-electron chi connectivity index (χ0n) is 19.2. The molecule has 0 spiro atoms. The normalized spacial score (nSPS) is 23.2. The van der Waals surface area contributed by atoms with Crippen molar-refractivity contribution in [2.45, 2.75) is 57.8 Å². The summed E-state index contributed by atoms with van der Waals surface area (Å²) in [6, 6.07) is 4.31. The van der Waals surface area contributed by atoms with E-state index in [-0.39, 0.29) is 6.54 Å². The number of aliphatic hydroxyl groups excluding tert-OH is 1. The first-order valence-electron chi connectivity index (χ1n) is 11.6. The minimum Gasteiger partial charge on any atom is -0.390 e. The second kappa shape index (κ2) is 8.70. The van der Waals surface area contributed by atoms with E-state index in [0.29, 0.717) is 42.5 Å². The summed E-state index contributed by atoms with van der Waals surface area (Å²) in [5, 5.41) is 15.1. The molecule has 0 aromatic carbocycles. The lowest BCUT2D eigenvalue weighted by atomic mass is 9.97. The summed E-state index contributed by atoms with van der Waals surface area (Å²) < 4.78 is 14.0. The number of hydrogen-bond donors (Lipinski definition) is 2. The van der Waals surface area contributed by atoms with Crippen LogP contribution in [0.2, 0.25) is 0 Å². The van der Waals surface area contributed by atoms with Crippen molar-refractivity contribution >= 4 is 34.2 Å². The van der Waals surface area contributed by atoms with Gasteiger partial charge in [-0.3, -0.25) is 0 Å². The number of nitrogens with one attached hydrogen (secondary N) is 1. The average molecular weight is 452 g/mol. The fraction of sp³-hybridized carbons (Fsp3) is 0.500. The van der Waals surface area contributed by atoms with Gasteiger partial charge in [0.15, 0.2) is 0 Å². The Labute approximate surface area is 192 Å². The molecular formula is C24H30FN7O. The standard InChI is InChI=1S/C24H30FN7O/c1-14(2)17-11-28-23(32-9-5-15(32)3)18-12-27-22(10-16(17)18)29-21-4-7-26-24(30-21)31-8-6-20(33)19(25)13-31/h4,7,10-12,14-15,19-20,33H,5-6,8-9,13H2,1-3H3,(H,26,27,29,30)/t15?,19-,20?/m1/s1. The van der Waals surface area contributed by atoms with Gasteiger partial charge in [0.1, 0.15) is 23.6 Å². The molecule has 3 atom stereocenters. The third-order valence-electron chi connectivity index (χ3n) is 6.68. The van der Waals surface area contributed by atoms with E-state index in [1.807, 2.05) is 12.4 Å². The molecule has 2 N–H and O–H groups in total. The fourth-order valence-electron chi connectivity index (χ4n) is 4.51. The Balaban J connectivity index is 1.44. The number of aliphatic hydroxyl groups is 1. The average Bonchev–Trinajstić information content (AvgIpc) is 2.80. The fourth-order valence-corrected chi connectivity index (χ4v) is 4.51. The van der Waals surface area contributed by atoms with Crippen LogP contribution in [0.25, 0.3) is 10.8 Å². The Kier molecular flexibility index (Phi) is 5.74. The number of piperidine rings is 1. The summed E-state index contributed by atoms with van der Waals surface area (Å²) in [6.07, 6.45) is 4.84. The van der Waals surface area contributed by atoms with Gasteiger partial charge in [-0.05, 0) is 48.8 Å². The number of aromatic nitrogens is 4. The van der Waals surface area contributed by atoms with E-state index < -0.39 is 12.3 Å². The third-order valence-corrected chi connectivity index (χ3v) is 6.68. The monoisotopic (exact) mass is 451 g/mol. The van der Waals surface area contributed by atoms with Gasteiger partial charge in [0.2, 0.25) is 5.95 Å². The maximum Gasteiger partial charge on any atom is 0.227 e. The highest BCUT2D eigenvalue weighted by Crippen LogP contribution is 2.35. The molecule has 0 saturated carbocycles. The molecule has 9 heteroatoms. The number of alkyl halides is 1. The summed E-state index contributed by atoms with van der Waals surface area (Å²) in [5.74, 6) is 3.03. The van der Waals surface area contributed by atoms with Crippen LogP contribution in [0.3, 0.4) is 0 Å². The highest BCUT2D eigenvalue weighted by Gasteiger charge is 2.29. The molecule has 2 fully saturated rings. The quantitative estimate of drug-likeness (QED) is 0.606. The molecule has 3 aromatic heterocycles. The number of fused-ring (bicyclic) bond motifs is 1. The van der Waals surface area contributed by atoms with Gasteiger partial charge in [-0.25, -0.2) is 19.3 Å². The van der Waals surface area contributed by atoms with Crippen LogP contribution in [0.1, 0.15) is 45.1 Å². The number of rotatable bonds is 5. The maximum atomic E-state index is 14.0. The van der Waals surface area contributed by atoms with Crippen LogP contribution >= 0.6 is 0 Å². The SMILES string of the molecule is CC(C)c1cnc(N2CCC2C)c2cnc(Nc3ccnc(N4CCC(O)[C@H](F)C4)n3)cc12. The van der Waals surface area contributed by atoms with E-state index in [1.54, 1.807) is 17.2 Å². The smallest absolute Gasteiger partial charge is 0.227 e. The predicted molar refractivity (Wildman–Crippen MR) is 128 cm³/mol. The molecule has 5 rings (SSSR count). The first-order valence-corrected chi connectivity index (χ1v) is 11.6. The van der Waals surface area contributed by atoms with Crippen LogP contribution in [0, 0.1) is 0 Å². The summed E-state index contributed by atoms with van der Waals surface area (Å²) in [4.78, 5) is 22.4. The Hall–Kier alpha value is -3.07. The van der Waals surface area contributed by atoms with Crippen LogP contribution in [-0.4, -0.2) is 63.0 Å². The molecule has 0 radical (unpaired) electrons. The Bertz CT molecular complexity index is 1160. The van der Waals surface area contributed by atoms with Gasteiger partial charge >= 0.3 is 0 Å². The number of halogens is 1. The van der Waals surface area contributed by atoms with E-state index in [2.05, 4.69) is 52.0 Å². The van der Waals surface area contributed by atoms with Crippen LogP contribution in [0.4, 0.5) is 27.8 Å². The van der Waals surface area contributed by atoms with Gasteiger partial charge in [-0.2, -0.15) is 4.98 Å². The highest BCUT2D eigenvalue weighted by molar-refractivity contribution is 5.96. The minimum atomic E-state index is -1.30. The van der Waals surface area contributed by atoms with Crippen molar-refractivity contribution in [2.24, 2.45) is 0 Å². The molecule has 2 aliphatic heterocycles. The molecule has 5 heterocycles. The van der Waals surface area contributed by atoms with Crippen molar-refractivity contribution in [3.63, 3.8) is 0 Å². The Morgan fingerprint density at radius 1 is 1.09 bits per heavy atom. The molecule has 174 valence electrons. The summed E-state index contributed by atoms with van der Waals surface area (Å²) >= 11 is 0. The Morgan fingerprint density at radius 2 is 1.94 bits per heavy atom. The Morgan fingerprint density at radius 3 is 2.64 bits per heavy atom. The summed E-state index contributed by atoms with van der Waals surface area (Å²) in [5.41, 5.74) is 1.18. The molecular weight excluding hydrogens is 421 g/mol. The minimum absolute atomic E-state index is 0.0846. The first-order chi connectivity index (χ1) is 15.9. The largest absolute Gasteiger partial charge is 0.390 e. The van der Waals surface area contributed by atoms with Crippen molar-refractivity contribution in [1.82, 2.24) is 19.9 Å². The summed E-state index contributed by atoms with van der Waals surface area (Å²) in [6.45, 7) is 8.17. The molecule has 2 unspecified atom stereocenters. The van der Waals surface area contributed by atoms with Crippen molar-refractivity contribution in [3.05, 3.63) is 36.3 Å². The topological polar surface area (TPSA) is 90.3 Å². The lowest BCUT2D eigenvalue weighted by Gasteiger charge is -2.40. The van der Waals surface area contributed by atoms with Gasteiger partial charge in [-0.1, -0.05) is 13.8 Å².